The summed E-state index contributed by atoms with van der Waals surface area (Å²) in [7, 11) is 0. The molecule has 78 heavy (non-hydrogen) atoms. The molecular weight excluding hydrogens is 945 g/mol. The highest BCUT2D eigenvalue weighted by Gasteiger charge is 2.44. The van der Waals surface area contributed by atoms with Crippen molar-refractivity contribution in [1.29, 1.82) is 0 Å². The predicted octanol–water partition coefficient (Wildman–Crippen LogP) is 20.1. The van der Waals surface area contributed by atoms with Crippen molar-refractivity contribution >= 4 is 51.0 Å². The van der Waals surface area contributed by atoms with Crippen LogP contribution < -0.4 is 9.64 Å². The Kier molecular flexibility index (Phi) is 12.8. The number of benzene rings is 11. The monoisotopic (exact) mass is 1000 g/mol. The molecule has 1 atom stereocenters. The molecule has 1 unspecified atom stereocenters. The molecule has 13 rings (SSSR count). The highest BCUT2D eigenvalue weighted by molar-refractivity contribution is 6.10. The lowest BCUT2D eigenvalue weighted by Crippen LogP contribution is -2.27. The fraction of sp³-hybridized carbons (Fsp3) is 0.0667. The van der Waals surface area contributed by atoms with Crippen LogP contribution in [-0.2, 0) is 5.41 Å². The number of rotatable bonds is 16. The number of nitrogens with zero attached hydrogens (tertiary/aromatic N) is 2. The van der Waals surface area contributed by atoms with Crippen LogP contribution in [0.1, 0.15) is 47.1 Å². The van der Waals surface area contributed by atoms with E-state index >= 15 is 0 Å². The van der Waals surface area contributed by atoms with Gasteiger partial charge in [0.15, 0.2) is 0 Å². The van der Waals surface area contributed by atoms with Crippen LogP contribution in [0, 0.1) is 0 Å². The molecular formula is C75H58N2O. The Bertz CT molecular complexity index is 4120. The smallest absolute Gasteiger partial charge is 0.119 e. The predicted molar refractivity (Wildman–Crippen MR) is 330 cm³/mol. The lowest BCUT2D eigenvalue weighted by atomic mass is 9.69. The minimum atomic E-state index is -0.375. The summed E-state index contributed by atoms with van der Waals surface area (Å²) < 4.78 is 8.70. The van der Waals surface area contributed by atoms with Gasteiger partial charge < -0.3 is 14.2 Å². The molecule has 1 aliphatic carbocycles. The second-order valence-electron chi connectivity index (χ2n) is 20.4. The SMILES string of the molecule is C=Cc1ccc(OCCCCC2(c3ccccc3)c3ccccc3-c3ccc(N(c4ccc(-c5ccc6c(c5)c5ccccc5n6-c5ccc(-c6ccc(C=C)cc6)cc5)cc4)c4cccc(-c5ccccc5)c4)cc32)cc1. The van der Waals surface area contributed by atoms with Crippen LogP contribution >= 0.6 is 0 Å². The van der Waals surface area contributed by atoms with Gasteiger partial charge in [0, 0.05) is 38.9 Å². The molecule has 0 saturated heterocycles. The zero-order chi connectivity index (χ0) is 52.4. The van der Waals surface area contributed by atoms with Crippen molar-refractivity contribution in [3.8, 4) is 55.9 Å². The standard InChI is InChI=1S/C75H58N2O/c1-3-53-28-32-56(33-29-53)57-34-41-63(42-35-57)77-73-27-14-12-25-69(73)70-51-60(38-47-74(70)77)58-36-39-62(40-37-58)76(64-23-17-20-59(50-64)55-18-7-5-8-19-55)65-43-46-68-67-24-11-13-26-71(67)75(72(68)52-65,61-21-9-6-10-22-61)48-15-16-49-78-66-44-30-54(4-2)31-45-66/h3-14,17-47,50-52H,1-2,15-16,48-49H2. The lowest BCUT2D eigenvalue weighted by Gasteiger charge is -2.34. The van der Waals surface area contributed by atoms with Crippen LogP contribution in [0.3, 0.4) is 0 Å². The Morgan fingerprint density at radius 2 is 0.949 bits per heavy atom. The van der Waals surface area contributed by atoms with Crippen molar-refractivity contribution in [2.45, 2.75) is 24.7 Å². The number of unbranched alkanes of at least 4 members (excludes halogenated alkanes) is 1. The average Bonchev–Trinajstić information content (AvgIpc) is 4.14. The van der Waals surface area contributed by atoms with Gasteiger partial charge in [-0.1, -0.05) is 213 Å². The number of hydrogen-bond donors (Lipinski definition) is 0. The van der Waals surface area contributed by atoms with Crippen molar-refractivity contribution in [3.63, 3.8) is 0 Å². The summed E-state index contributed by atoms with van der Waals surface area (Å²) in [5, 5.41) is 2.45. The number of aromatic nitrogens is 1. The average molecular weight is 1000 g/mol. The molecule has 11 aromatic carbocycles. The van der Waals surface area contributed by atoms with Gasteiger partial charge in [-0.25, -0.2) is 0 Å². The summed E-state index contributed by atoms with van der Waals surface area (Å²) in [4.78, 5) is 2.44. The summed E-state index contributed by atoms with van der Waals surface area (Å²) in [5.41, 5.74) is 22.3. The first-order valence-corrected chi connectivity index (χ1v) is 27.1. The van der Waals surface area contributed by atoms with E-state index in [1.54, 1.807) is 0 Å². The van der Waals surface area contributed by atoms with E-state index in [-0.39, 0.29) is 5.41 Å². The summed E-state index contributed by atoms with van der Waals surface area (Å²) in [5.74, 6) is 0.888. The van der Waals surface area contributed by atoms with Gasteiger partial charge in [-0.05, 0) is 170 Å². The molecule has 0 fully saturated rings. The Morgan fingerprint density at radius 3 is 1.71 bits per heavy atom. The number of fused-ring (bicyclic) bond motifs is 6. The van der Waals surface area contributed by atoms with Crippen LogP contribution in [0.5, 0.6) is 5.75 Å². The maximum atomic E-state index is 6.30. The molecule has 0 N–H and O–H groups in total. The van der Waals surface area contributed by atoms with Crippen molar-refractivity contribution < 1.29 is 4.74 Å². The number of hydrogen-bond acceptors (Lipinski definition) is 2. The molecule has 0 amide bonds. The maximum absolute atomic E-state index is 6.30. The van der Waals surface area contributed by atoms with E-state index in [9.17, 15) is 0 Å². The Hall–Kier alpha value is -9.70. The molecule has 374 valence electrons. The zero-order valence-electron chi connectivity index (χ0n) is 43.6. The molecule has 0 spiro atoms. The van der Waals surface area contributed by atoms with Crippen LogP contribution in [0.2, 0.25) is 0 Å². The van der Waals surface area contributed by atoms with E-state index in [0.29, 0.717) is 6.61 Å². The molecule has 1 heterocycles. The van der Waals surface area contributed by atoms with Crippen molar-refractivity contribution in [2.24, 2.45) is 0 Å². The quantitative estimate of drug-likeness (QED) is 0.0898. The first-order valence-electron chi connectivity index (χ1n) is 27.1. The van der Waals surface area contributed by atoms with Crippen LogP contribution in [0.15, 0.2) is 280 Å². The van der Waals surface area contributed by atoms with E-state index < -0.39 is 0 Å². The first kappa shape index (κ1) is 48.0. The summed E-state index contributed by atoms with van der Waals surface area (Å²) in [6.07, 6.45) is 6.58. The molecule has 0 radical (unpaired) electrons. The molecule has 0 saturated carbocycles. The second-order valence-corrected chi connectivity index (χ2v) is 20.4. The van der Waals surface area contributed by atoms with Gasteiger partial charge >= 0.3 is 0 Å². The number of anilines is 3. The van der Waals surface area contributed by atoms with E-state index in [1.165, 1.54) is 77.4 Å². The third kappa shape index (κ3) is 8.79. The fourth-order valence-electron chi connectivity index (χ4n) is 12.1. The Balaban J connectivity index is 0.877. The van der Waals surface area contributed by atoms with Gasteiger partial charge in [0.05, 0.1) is 17.6 Å². The maximum Gasteiger partial charge on any atom is 0.119 e. The van der Waals surface area contributed by atoms with Crippen LogP contribution in [0.25, 0.3) is 84.2 Å². The van der Waals surface area contributed by atoms with Crippen LogP contribution in [-0.4, -0.2) is 11.2 Å². The number of para-hydroxylation sites is 1. The van der Waals surface area contributed by atoms with Gasteiger partial charge in [0.25, 0.3) is 0 Å². The molecule has 3 heteroatoms. The van der Waals surface area contributed by atoms with Gasteiger partial charge in [-0.15, -0.1) is 0 Å². The highest BCUT2D eigenvalue weighted by atomic mass is 16.5. The Labute approximate surface area is 458 Å². The van der Waals surface area contributed by atoms with Crippen molar-refractivity contribution in [1.82, 2.24) is 4.57 Å². The lowest BCUT2D eigenvalue weighted by molar-refractivity contribution is 0.301. The van der Waals surface area contributed by atoms with Crippen LogP contribution in [0.4, 0.5) is 17.1 Å². The van der Waals surface area contributed by atoms with Gasteiger partial charge in [0.1, 0.15) is 5.75 Å². The molecule has 1 aliphatic rings. The Morgan fingerprint density at radius 1 is 0.397 bits per heavy atom. The minimum Gasteiger partial charge on any atom is -0.494 e. The molecule has 12 aromatic rings. The largest absolute Gasteiger partial charge is 0.494 e. The van der Waals surface area contributed by atoms with Crippen molar-refractivity contribution in [2.75, 3.05) is 11.5 Å². The number of ether oxygens (including phenoxy) is 1. The normalized spacial score (nSPS) is 13.5. The van der Waals surface area contributed by atoms with Crippen molar-refractivity contribution in [3.05, 3.63) is 308 Å². The molecule has 0 aliphatic heterocycles. The van der Waals surface area contributed by atoms with E-state index in [1.807, 2.05) is 24.3 Å². The van der Waals surface area contributed by atoms with Gasteiger partial charge in [-0.3, -0.25) is 0 Å². The summed E-state index contributed by atoms with van der Waals surface area (Å²) >= 11 is 0. The zero-order valence-corrected chi connectivity index (χ0v) is 43.6. The molecule has 1 aromatic heterocycles. The van der Waals surface area contributed by atoms with Gasteiger partial charge in [-0.2, -0.15) is 0 Å². The summed E-state index contributed by atoms with van der Waals surface area (Å²) in [6, 6.07) is 97.6. The third-order valence-electron chi connectivity index (χ3n) is 15.9. The highest BCUT2D eigenvalue weighted by Crippen LogP contribution is 2.56. The topological polar surface area (TPSA) is 17.4 Å². The fourth-order valence-corrected chi connectivity index (χ4v) is 12.1. The molecule has 3 nitrogen and oxygen atoms in total. The molecule has 0 bridgehead atoms. The van der Waals surface area contributed by atoms with Gasteiger partial charge in [0.2, 0.25) is 0 Å². The third-order valence-corrected chi connectivity index (χ3v) is 15.9. The van der Waals surface area contributed by atoms with E-state index in [0.717, 1.165) is 64.5 Å². The first-order chi connectivity index (χ1) is 38.6. The minimum absolute atomic E-state index is 0.375. The summed E-state index contributed by atoms with van der Waals surface area (Å²) in [6.45, 7) is 8.48. The van der Waals surface area contributed by atoms with E-state index in [4.69, 9.17) is 4.74 Å². The second kappa shape index (κ2) is 20.8. The van der Waals surface area contributed by atoms with E-state index in [2.05, 4.69) is 277 Å².